The Morgan fingerprint density at radius 3 is 3.00 bits per heavy atom. The Morgan fingerprint density at radius 2 is 2.38 bits per heavy atom. The van der Waals surface area contributed by atoms with Crippen molar-refractivity contribution in [3.05, 3.63) is 0 Å². The summed E-state index contributed by atoms with van der Waals surface area (Å²) in [5, 5.41) is 0. The molecular formula is C9H16ClNO2. The van der Waals surface area contributed by atoms with Gasteiger partial charge < -0.3 is 4.74 Å². The SMILES string of the molecule is COC(=O)C1CCCC(CNCl)C1. The summed E-state index contributed by atoms with van der Waals surface area (Å²) >= 11 is 5.43. The van der Waals surface area contributed by atoms with Crippen LogP contribution in [0.1, 0.15) is 25.7 Å². The number of rotatable bonds is 3. The van der Waals surface area contributed by atoms with Gasteiger partial charge in [0.25, 0.3) is 0 Å². The number of ether oxygens (including phenoxy) is 1. The molecule has 0 amide bonds. The minimum atomic E-state index is -0.0701. The van der Waals surface area contributed by atoms with Gasteiger partial charge in [0, 0.05) is 6.54 Å². The smallest absolute Gasteiger partial charge is 0.308 e. The van der Waals surface area contributed by atoms with Crippen molar-refractivity contribution in [3.8, 4) is 0 Å². The van der Waals surface area contributed by atoms with Crippen LogP contribution in [0.5, 0.6) is 0 Å². The van der Waals surface area contributed by atoms with E-state index in [4.69, 9.17) is 16.5 Å². The number of halogens is 1. The lowest BCUT2D eigenvalue weighted by Gasteiger charge is -2.26. The minimum absolute atomic E-state index is 0.0701. The van der Waals surface area contributed by atoms with Crippen molar-refractivity contribution in [3.63, 3.8) is 0 Å². The number of esters is 1. The summed E-state index contributed by atoms with van der Waals surface area (Å²) in [6.45, 7) is 0.787. The Bertz CT molecular complexity index is 173. The predicted molar refractivity (Wildman–Crippen MR) is 51.3 cm³/mol. The Hall–Kier alpha value is -0.280. The highest BCUT2D eigenvalue weighted by molar-refractivity contribution is 6.13. The second kappa shape index (κ2) is 5.45. The van der Waals surface area contributed by atoms with E-state index >= 15 is 0 Å². The average molecular weight is 206 g/mol. The monoisotopic (exact) mass is 205 g/mol. The Balaban J connectivity index is 2.37. The van der Waals surface area contributed by atoms with Crippen LogP contribution < -0.4 is 4.84 Å². The van der Waals surface area contributed by atoms with E-state index in [1.54, 1.807) is 0 Å². The van der Waals surface area contributed by atoms with Gasteiger partial charge in [-0.2, -0.15) is 0 Å². The van der Waals surface area contributed by atoms with Crippen LogP contribution in [0.3, 0.4) is 0 Å². The summed E-state index contributed by atoms with van der Waals surface area (Å²) in [7, 11) is 1.45. The van der Waals surface area contributed by atoms with E-state index in [-0.39, 0.29) is 11.9 Å². The predicted octanol–water partition coefficient (Wildman–Crippen LogP) is 1.71. The molecule has 0 saturated heterocycles. The van der Waals surface area contributed by atoms with Crippen LogP contribution in [0.2, 0.25) is 0 Å². The lowest BCUT2D eigenvalue weighted by atomic mass is 9.81. The molecule has 4 heteroatoms. The number of hydrogen-bond donors (Lipinski definition) is 1. The first-order valence-corrected chi connectivity index (χ1v) is 5.07. The van der Waals surface area contributed by atoms with E-state index in [1.165, 1.54) is 7.11 Å². The van der Waals surface area contributed by atoms with Gasteiger partial charge in [0.2, 0.25) is 0 Å². The molecule has 0 aromatic carbocycles. The van der Waals surface area contributed by atoms with Crippen molar-refractivity contribution in [1.29, 1.82) is 0 Å². The molecule has 3 nitrogen and oxygen atoms in total. The molecule has 0 aromatic heterocycles. The molecule has 1 aliphatic carbocycles. The van der Waals surface area contributed by atoms with Crippen LogP contribution in [0, 0.1) is 11.8 Å². The summed E-state index contributed by atoms with van der Waals surface area (Å²) in [5.74, 6) is 0.545. The van der Waals surface area contributed by atoms with Crippen molar-refractivity contribution in [2.45, 2.75) is 25.7 Å². The molecule has 0 aromatic rings. The van der Waals surface area contributed by atoms with E-state index in [0.717, 1.165) is 32.2 Å². The Morgan fingerprint density at radius 1 is 1.62 bits per heavy atom. The van der Waals surface area contributed by atoms with Gasteiger partial charge in [-0.3, -0.25) is 4.79 Å². The molecular weight excluding hydrogens is 190 g/mol. The number of carbonyl (C=O) groups is 1. The van der Waals surface area contributed by atoms with Crippen LogP contribution in [0.4, 0.5) is 0 Å². The van der Waals surface area contributed by atoms with Crippen molar-refractivity contribution in [1.82, 2.24) is 4.84 Å². The fourth-order valence-electron chi connectivity index (χ4n) is 1.97. The van der Waals surface area contributed by atoms with Crippen molar-refractivity contribution in [2.75, 3.05) is 13.7 Å². The number of hydrogen-bond acceptors (Lipinski definition) is 3. The summed E-state index contributed by atoms with van der Waals surface area (Å²) in [6.07, 6.45) is 4.13. The minimum Gasteiger partial charge on any atom is -0.469 e. The summed E-state index contributed by atoms with van der Waals surface area (Å²) < 4.78 is 4.72. The molecule has 1 rings (SSSR count). The number of carbonyl (C=O) groups excluding carboxylic acids is 1. The molecule has 76 valence electrons. The van der Waals surface area contributed by atoms with Crippen LogP contribution in [-0.2, 0) is 9.53 Å². The molecule has 0 spiro atoms. The normalized spacial score (nSPS) is 28.5. The van der Waals surface area contributed by atoms with E-state index in [9.17, 15) is 4.79 Å². The highest BCUT2D eigenvalue weighted by Gasteiger charge is 2.27. The van der Waals surface area contributed by atoms with E-state index in [1.807, 2.05) is 0 Å². The van der Waals surface area contributed by atoms with Gasteiger partial charge in [-0.05, 0) is 37.0 Å². The third kappa shape index (κ3) is 3.16. The van der Waals surface area contributed by atoms with Crippen LogP contribution in [0.25, 0.3) is 0 Å². The summed E-state index contributed by atoms with van der Waals surface area (Å²) in [5.41, 5.74) is 0. The van der Waals surface area contributed by atoms with Crippen molar-refractivity contribution >= 4 is 17.7 Å². The van der Waals surface area contributed by atoms with Gasteiger partial charge >= 0.3 is 5.97 Å². The fourth-order valence-corrected chi connectivity index (χ4v) is 2.18. The van der Waals surface area contributed by atoms with Gasteiger partial charge in [-0.15, -0.1) is 0 Å². The number of methoxy groups -OCH3 is 1. The molecule has 0 radical (unpaired) electrons. The van der Waals surface area contributed by atoms with Gasteiger partial charge in [-0.25, -0.2) is 4.84 Å². The first kappa shape index (κ1) is 10.8. The van der Waals surface area contributed by atoms with Crippen LogP contribution in [-0.4, -0.2) is 19.6 Å². The van der Waals surface area contributed by atoms with Gasteiger partial charge in [-0.1, -0.05) is 6.42 Å². The molecule has 1 fully saturated rings. The highest BCUT2D eigenvalue weighted by Crippen LogP contribution is 2.29. The molecule has 13 heavy (non-hydrogen) atoms. The lowest BCUT2D eigenvalue weighted by Crippen LogP contribution is -2.27. The molecule has 1 N–H and O–H groups in total. The van der Waals surface area contributed by atoms with E-state index in [2.05, 4.69) is 4.84 Å². The Kier molecular flexibility index (Phi) is 4.53. The van der Waals surface area contributed by atoms with Gasteiger partial charge in [0.15, 0.2) is 0 Å². The molecule has 2 atom stereocenters. The zero-order valence-electron chi connectivity index (χ0n) is 7.88. The summed E-state index contributed by atoms with van der Waals surface area (Å²) in [6, 6.07) is 0. The van der Waals surface area contributed by atoms with Gasteiger partial charge in [0.05, 0.1) is 13.0 Å². The third-order valence-corrected chi connectivity index (χ3v) is 2.84. The van der Waals surface area contributed by atoms with Crippen LogP contribution in [0.15, 0.2) is 0 Å². The summed E-state index contributed by atoms with van der Waals surface area (Å²) in [4.78, 5) is 13.9. The lowest BCUT2D eigenvalue weighted by molar-refractivity contribution is -0.147. The molecule has 1 saturated carbocycles. The first-order valence-electron chi connectivity index (χ1n) is 4.69. The molecule has 0 aliphatic heterocycles. The van der Waals surface area contributed by atoms with Gasteiger partial charge in [0.1, 0.15) is 0 Å². The molecule has 0 heterocycles. The second-order valence-corrected chi connectivity index (χ2v) is 3.86. The Labute approximate surface area is 83.9 Å². The molecule has 2 unspecified atom stereocenters. The van der Waals surface area contributed by atoms with Crippen LogP contribution >= 0.6 is 11.8 Å². The maximum atomic E-state index is 11.2. The number of nitrogens with one attached hydrogen (secondary N) is 1. The zero-order valence-corrected chi connectivity index (χ0v) is 8.64. The standard InChI is InChI=1S/C9H16ClNO2/c1-13-9(12)8-4-2-3-7(5-8)6-11-10/h7-8,11H,2-6H2,1H3. The maximum Gasteiger partial charge on any atom is 0.308 e. The van der Waals surface area contributed by atoms with E-state index in [0.29, 0.717) is 5.92 Å². The topological polar surface area (TPSA) is 38.3 Å². The van der Waals surface area contributed by atoms with Crippen molar-refractivity contribution in [2.24, 2.45) is 11.8 Å². The highest BCUT2D eigenvalue weighted by atomic mass is 35.5. The second-order valence-electron chi connectivity index (χ2n) is 3.59. The molecule has 0 bridgehead atoms. The zero-order chi connectivity index (χ0) is 9.68. The quantitative estimate of drug-likeness (QED) is 0.563. The fraction of sp³-hybridized carbons (Fsp3) is 0.889. The van der Waals surface area contributed by atoms with Crippen molar-refractivity contribution < 1.29 is 9.53 Å². The average Bonchev–Trinajstić information content (AvgIpc) is 2.18. The first-order chi connectivity index (χ1) is 6.27. The molecule has 1 aliphatic rings. The largest absolute Gasteiger partial charge is 0.469 e. The maximum absolute atomic E-state index is 11.2. The third-order valence-electron chi connectivity index (χ3n) is 2.68. The van der Waals surface area contributed by atoms with E-state index < -0.39 is 0 Å².